The third-order valence-electron chi connectivity index (χ3n) is 3.09. The molecule has 0 saturated carbocycles. The molecule has 1 heterocycles. The molecule has 3 nitrogen and oxygen atoms in total. The van der Waals surface area contributed by atoms with E-state index < -0.39 is 0 Å². The Morgan fingerprint density at radius 3 is 2.72 bits per heavy atom. The molecule has 2 aromatic rings. The van der Waals surface area contributed by atoms with Gasteiger partial charge < -0.3 is 5.32 Å². The summed E-state index contributed by atoms with van der Waals surface area (Å²) in [4.78, 5) is 11.8. The minimum absolute atomic E-state index is 0.0598. The lowest BCUT2D eigenvalue weighted by Gasteiger charge is -2.09. The van der Waals surface area contributed by atoms with Gasteiger partial charge in [0.15, 0.2) is 12.4 Å². The Morgan fingerprint density at radius 1 is 1.28 bits per heavy atom. The molecule has 0 bridgehead atoms. The molecule has 1 atom stereocenters. The lowest BCUT2D eigenvalue weighted by molar-refractivity contribution is -0.683. The summed E-state index contributed by atoms with van der Waals surface area (Å²) in [7, 11) is 0. The van der Waals surface area contributed by atoms with Gasteiger partial charge in [0.2, 0.25) is 6.54 Å². The smallest absolute Gasteiger partial charge is 0.286 e. The molecule has 0 aliphatic carbocycles. The van der Waals surface area contributed by atoms with Crippen LogP contribution in [0.25, 0.3) is 10.8 Å². The second-order valence-electron chi connectivity index (χ2n) is 4.62. The molecule has 0 saturated heterocycles. The number of rotatable bonds is 4. The monoisotopic (exact) mass is 243 g/mol. The van der Waals surface area contributed by atoms with Gasteiger partial charge in [-0.1, -0.05) is 25.1 Å². The van der Waals surface area contributed by atoms with Crippen LogP contribution in [0.3, 0.4) is 0 Å². The van der Waals surface area contributed by atoms with E-state index in [0.29, 0.717) is 6.54 Å². The summed E-state index contributed by atoms with van der Waals surface area (Å²) in [6.07, 6.45) is 4.90. The average molecular weight is 243 g/mol. The van der Waals surface area contributed by atoms with E-state index >= 15 is 0 Å². The highest BCUT2D eigenvalue weighted by Gasteiger charge is 2.11. The van der Waals surface area contributed by atoms with Crippen LogP contribution in [0.2, 0.25) is 0 Å². The molecule has 0 unspecified atom stereocenters. The number of hydrogen-bond donors (Lipinski definition) is 1. The molecular formula is C15H19N2O+. The number of benzene rings is 1. The van der Waals surface area contributed by atoms with Crippen LogP contribution in [0.4, 0.5) is 0 Å². The Morgan fingerprint density at radius 2 is 2.00 bits per heavy atom. The number of hydrogen-bond acceptors (Lipinski definition) is 1. The van der Waals surface area contributed by atoms with Gasteiger partial charge in [-0.3, -0.25) is 4.79 Å². The number of carbonyl (C=O) groups is 1. The number of fused-ring (bicyclic) bond motifs is 1. The van der Waals surface area contributed by atoms with Gasteiger partial charge in [-0.15, -0.1) is 0 Å². The van der Waals surface area contributed by atoms with Crippen LogP contribution in [-0.4, -0.2) is 11.9 Å². The number of nitrogens with one attached hydrogen (secondary N) is 1. The fraction of sp³-hybridized carbons (Fsp3) is 0.333. The SMILES string of the molecule is CC[C@@H](C)NC(=O)C[n+]1ccc2ccccc2c1. The van der Waals surface area contributed by atoms with Crippen LogP contribution in [-0.2, 0) is 11.3 Å². The first-order chi connectivity index (χ1) is 8.69. The molecule has 18 heavy (non-hydrogen) atoms. The Hall–Kier alpha value is -1.90. The highest BCUT2D eigenvalue weighted by molar-refractivity contribution is 5.80. The summed E-state index contributed by atoms with van der Waals surface area (Å²) < 4.78 is 1.92. The van der Waals surface area contributed by atoms with E-state index in [1.165, 1.54) is 5.39 Å². The van der Waals surface area contributed by atoms with Gasteiger partial charge in [0.25, 0.3) is 5.91 Å². The van der Waals surface area contributed by atoms with E-state index in [4.69, 9.17) is 0 Å². The lowest BCUT2D eigenvalue weighted by Crippen LogP contribution is -2.44. The van der Waals surface area contributed by atoms with Crippen molar-refractivity contribution in [1.82, 2.24) is 5.32 Å². The lowest BCUT2D eigenvalue weighted by atomic mass is 10.2. The van der Waals surface area contributed by atoms with Crippen molar-refractivity contribution in [2.24, 2.45) is 0 Å². The van der Waals surface area contributed by atoms with Crippen molar-refractivity contribution in [3.05, 3.63) is 42.7 Å². The first-order valence-electron chi connectivity index (χ1n) is 6.36. The van der Waals surface area contributed by atoms with Crippen LogP contribution in [0.5, 0.6) is 0 Å². The van der Waals surface area contributed by atoms with Gasteiger partial charge in [-0.25, -0.2) is 0 Å². The number of amides is 1. The van der Waals surface area contributed by atoms with Gasteiger partial charge in [-0.05, 0) is 24.8 Å². The minimum atomic E-state index is 0.0598. The van der Waals surface area contributed by atoms with Crippen molar-refractivity contribution in [2.45, 2.75) is 32.9 Å². The molecule has 0 aliphatic rings. The predicted molar refractivity (Wildman–Crippen MR) is 72.0 cm³/mol. The van der Waals surface area contributed by atoms with E-state index in [1.807, 2.05) is 42.1 Å². The van der Waals surface area contributed by atoms with E-state index in [1.54, 1.807) is 0 Å². The topological polar surface area (TPSA) is 33.0 Å². The first kappa shape index (κ1) is 12.6. The van der Waals surface area contributed by atoms with Crippen LogP contribution < -0.4 is 9.88 Å². The standard InChI is InChI=1S/C15H18N2O/c1-3-12(2)16-15(18)11-17-9-8-13-6-4-5-7-14(13)10-17/h4-10,12H,3,11H2,1-2H3/p+1/t12-/m1/s1. The number of aromatic nitrogens is 1. The van der Waals surface area contributed by atoms with Crippen molar-refractivity contribution < 1.29 is 9.36 Å². The Labute approximate surface area is 107 Å². The minimum Gasteiger partial charge on any atom is -0.348 e. The Bertz CT molecular complexity index is 551. The maximum atomic E-state index is 11.8. The summed E-state index contributed by atoms with van der Waals surface area (Å²) in [5.74, 6) is 0.0598. The molecule has 1 aromatic heterocycles. The van der Waals surface area contributed by atoms with Crippen molar-refractivity contribution in [3.8, 4) is 0 Å². The maximum Gasteiger partial charge on any atom is 0.286 e. The number of carbonyl (C=O) groups excluding carboxylic acids is 1. The summed E-state index contributed by atoms with van der Waals surface area (Å²) in [5, 5.41) is 5.31. The van der Waals surface area contributed by atoms with Crippen molar-refractivity contribution in [3.63, 3.8) is 0 Å². The zero-order chi connectivity index (χ0) is 13.0. The van der Waals surface area contributed by atoms with Crippen LogP contribution in [0.1, 0.15) is 20.3 Å². The van der Waals surface area contributed by atoms with E-state index in [-0.39, 0.29) is 11.9 Å². The van der Waals surface area contributed by atoms with E-state index in [9.17, 15) is 4.79 Å². The summed E-state index contributed by atoms with van der Waals surface area (Å²) in [6.45, 7) is 4.45. The average Bonchev–Trinajstić information content (AvgIpc) is 2.38. The Kier molecular flexibility index (Phi) is 3.92. The van der Waals surface area contributed by atoms with Crippen LogP contribution >= 0.6 is 0 Å². The molecular weight excluding hydrogens is 224 g/mol. The third-order valence-corrected chi connectivity index (χ3v) is 3.09. The van der Waals surface area contributed by atoms with Gasteiger partial charge >= 0.3 is 0 Å². The van der Waals surface area contributed by atoms with Gasteiger partial charge in [0.05, 0.1) is 0 Å². The molecule has 0 fully saturated rings. The van der Waals surface area contributed by atoms with E-state index in [0.717, 1.165) is 11.8 Å². The second-order valence-corrected chi connectivity index (χ2v) is 4.62. The molecule has 1 amide bonds. The van der Waals surface area contributed by atoms with Crippen molar-refractivity contribution >= 4 is 16.7 Å². The molecule has 0 aliphatic heterocycles. The fourth-order valence-electron chi connectivity index (χ4n) is 1.86. The second kappa shape index (κ2) is 5.63. The summed E-state index contributed by atoms with van der Waals surface area (Å²) in [5.41, 5.74) is 0. The molecule has 0 spiro atoms. The first-order valence-corrected chi connectivity index (χ1v) is 6.36. The van der Waals surface area contributed by atoms with Crippen molar-refractivity contribution in [1.29, 1.82) is 0 Å². The normalized spacial score (nSPS) is 12.3. The Balaban J connectivity index is 2.10. The molecule has 94 valence electrons. The highest BCUT2D eigenvalue weighted by Crippen LogP contribution is 2.09. The van der Waals surface area contributed by atoms with Gasteiger partial charge in [0, 0.05) is 17.5 Å². The molecule has 2 rings (SSSR count). The summed E-state index contributed by atoms with van der Waals surface area (Å²) in [6, 6.07) is 10.4. The zero-order valence-electron chi connectivity index (χ0n) is 10.9. The maximum absolute atomic E-state index is 11.8. The fourth-order valence-corrected chi connectivity index (χ4v) is 1.86. The largest absolute Gasteiger partial charge is 0.348 e. The third kappa shape index (κ3) is 3.06. The van der Waals surface area contributed by atoms with Gasteiger partial charge in [0.1, 0.15) is 0 Å². The highest BCUT2D eigenvalue weighted by atomic mass is 16.2. The number of pyridine rings is 1. The van der Waals surface area contributed by atoms with Crippen LogP contribution in [0, 0.1) is 0 Å². The number of nitrogens with zero attached hydrogens (tertiary/aromatic N) is 1. The zero-order valence-corrected chi connectivity index (χ0v) is 10.9. The summed E-state index contributed by atoms with van der Waals surface area (Å²) >= 11 is 0. The van der Waals surface area contributed by atoms with Gasteiger partial charge in [-0.2, -0.15) is 4.57 Å². The predicted octanol–water partition coefficient (Wildman–Crippen LogP) is 2.04. The van der Waals surface area contributed by atoms with E-state index in [2.05, 4.69) is 24.4 Å². The molecule has 3 heteroatoms. The molecule has 1 aromatic carbocycles. The van der Waals surface area contributed by atoms with Crippen LogP contribution in [0.15, 0.2) is 42.7 Å². The van der Waals surface area contributed by atoms with Crippen molar-refractivity contribution in [2.75, 3.05) is 0 Å². The quantitative estimate of drug-likeness (QED) is 0.819. The molecule has 0 radical (unpaired) electrons. The molecule has 1 N–H and O–H groups in total.